The molecule has 0 spiro atoms. The van der Waals surface area contributed by atoms with Gasteiger partial charge in [-0.1, -0.05) is 42.5 Å². The van der Waals surface area contributed by atoms with Crippen LogP contribution in [-0.2, 0) is 0 Å². The molecule has 2 fully saturated rings. The van der Waals surface area contributed by atoms with E-state index in [1.54, 1.807) is 12.1 Å². The highest BCUT2D eigenvalue weighted by Gasteiger charge is 2.43. The molecule has 0 atom stereocenters. The quantitative estimate of drug-likeness (QED) is 0.544. The van der Waals surface area contributed by atoms with Crippen molar-refractivity contribution in [2.45, 2.75) is 50.6 Å². The Bertz CT molecular complexity index is 1110. The molecule has 2 saturated carbocycles. The molecule has 2 aliphatic rings. The first-order valence-corrected chi connectivity index (χ1v) is 11.4. The highest BCUT2D eigenvalue weighted by atomic mass is 16.2. The Morgan fingerprint density at radius 1 is 0.781 bits per heavy atom. The molecule has 0 heterocycles. The van der Waals surface area contributed by atoms with Gasteiger partial charge in [0.15, 0.2) is 0 Å². The van der Waals surface area contributed by atoms with Gasteiger partial charge in [0.2, 0.25) is 0 Å². The molecule has 3 aromatic carbocycles. The minimum absolute atomic E-state index is 0.113. The van der Waals surface area contributed by atoms with E-state index in [0.717, 1.165) is 25.7 Å². The zero-order chi connectivity index (χ0) is 22.1. The summed E-state index contributed by atoms with van der Waals surface area (Å²) in [6.07, 6.45) is 4.28. The average molecular weight is 425 g/mol. The molecule has 0 saturated heterocycles. The van der Waals surface area contributed by atoms with Crippen molar-refractivity contribution in [3.63, 3.8) is 0 Å². The first kappa shape index (κ1) is 20.5. The van der Waals surface area contributed by atoms with Crippen LogP contribution in [0.1, 0.15) is 63.4 Å². The first-order chi connectivity index (χ1) is 15.6. The normalized spacial score (nSPS) is 19.7. The van der Waals surface area contributed by atoms with Gasteiger partial charge in [0.05, 0.1) is 0 Å². The fraction of sp³-hybridized carbons (Fsp3) is 0.286. The topological polar surface area (TPSA) is 49.4 Å². The minimum atomic E-state index is -0.152. The molecule has 0 radical (unpaired) electrons. The van der Waals surface area contributed by atoms with Gasteiger partial charge in [-0.2, -0.15) is 0 Å². The van der Waals surface area contributed by atoms with Gasteiger partial charge >= 0.3 is 0 Å². The number of benzene rings is 3. The Morgan fingerprint density at radius 3 is 2.09 bits per heavy atom. The lowest BCUT2D eigenvalue weighted by atomic mass is 9.73. The second-order valence-electron chi connectivity index (χ2n) is 9.02. The van der Waals surface area contributed by atoms with Crippen molar-refractivity contribution in [2.75, 3.05) is 5.32 Å². The number of rotatable bonds is 6. The van der Waals surface area contributed by atoms with Gasteiger partial charge in [-0.25, -0.2) is 0 Å². The largest absolute Gasteiger partial charge is 0.333 e. The number of carbonyl (C=O) groups excluding carboxylic acids is 2. The lowest BCUT2D eigenvalue weighted by molar-refractivity contribution is 0.0516. The minimum Gasteiger partial charge on any atom is -0.333 e. The molecule has 2 amide bonds. The summed E-state index contributed by atoms with van der Waals surface area (Å²) in [4.78, 5) is 27.9. The summed E-state index contributed by atoms with van der Waals surface area (Å²) >= 11 is 0. The van der Waals surface area contributed by atoms with Crippen molar-refractivity contribution in [3.8, 4) is 0 Å². The van der Waals surface area contributed by atoms with Crippen LogP contribution in [0.15, 0.2) is 78.9 Å². The van der Waals surface area contributed by atoms with Crippen LogP contribution < -0.4 is 5.32 Å². The molecule has 0 aliphatic heterocycles. The van der Waals surface area contributed by atoms with Crippen molar-refractivity contribution >= 4 is 17.5 Å². The van der Waals surface area contributed by atoms with Gasteiger partial charge < -0.3 is 10.2 Å². The Morgan fingerprint density at radius 2 is 1.44 bits per heavy atom. The number of hydrogen-bond acceptors (Lipinski definition) is 2. The van der Waals surface area contributed by atoms with Gasteiger partial charge in [0.1, 0.15) is 0 Å². The summed E-state index contributed by atoms with van der Waals surface area (Å²) < 4.78 is 0. The Hall–Kier alpha value is -3.40. The monoisotopic (exact) mass is 424 g/mol. The number of nitrogens with zero attached hydrogens (tertiary/aromatic N) is 1. The summed E-state index contributed by atoms with van der Waals surface area (Å²) in [6, 6.07) is 25.7. The standard InChI is InChI=1S/C28H28N2O2/c1-19-7-5-6-10-26(19)22-17-25(18-22)30(24-15-16-24)28(32)21-11-13-23(14-12-21)29-27(31)20-8-3-2-4-9-20/h2-14,22,24-25H,15-18H2,1H3,(H,29,31). The summed E-state index contributed by atoms with van der Waals surface area (Å²) in [6.45, 7) is 2.17. The molecule has 2 aliphatic carbocycles. The molecule has 1 N–H and O–H groups in total. The van der Waals surface area contributed by atoms with Crippen LogP contribution in [-0.4, -0.2) is 28.8 Å². The number of anilines is 1. The van der Waals surface area contributed by atoms with E-state index in [9.17, 15) is 9.59 Å². The van der Waals surface area contributed by atoms with Gasteiger partial charge in [0, 0.05) is 28.9 Å². The molecular formula is C28H28N2O2. The van der Waals surface area contributed by atoms with Crippen LogP contribution in [0.5, 0.6) is 0 Å². The van der Waals surface area contributed by atoms with Gasteiger partial charge in [-0.3, -0.25) is 9.59 Å². The van der Waals surface area contributed by atoms with E-state index in [1.807, 2.05) is 42.5 Å². The lowest BCUT2D eigenvalue weighted by Crippen LogP contribution is -2.48. The predicted molar refractivity (Wildman–Crippen MR) is 127 cm³/mol. The molecule has 32 heavy (non-hydrogen) atoms. The number of carbonyl (C=O) groups is 2. The van der Waals surface area contributed by atoms with Crippen molar-refractivity contribution in [1.82, 2.24) is 4.90 Å². The SMILES string of the molecule is Cc1ccccc1C1CC(N(C(=O)c2ccc(NC(=O)c3ccccc3)cc2)C2CC2)C1. The highest BCUT2D eigenvalue weighted by Crippen LogP contribution is 2.44. The van der Waals surface area contributed by atoms with Crippen LogP contribution in [0.2, 0.25) is 0 Å². The number of aryl methyl sites for hydroxylation is 1. The molecule has 4 heteroatoms. The van der Waals surface area contributed by atoms with Gasteiger partial charge in [-0.15, -0.1) is 0 Å². The van der Waals surface area contributed by atoms with E-state index >= 15 is 0 Å². The molecule has 4 nitrogen and oxygen atoms in total. The fourth-order valence-electron chi connectivity index (χ4n) is 4.73. The maximum atomic E-state index is 13.4. The van der Waals surface area contributed by atoms with Gasteiger partial charge in [0.25, 0.3) is 11.8 Å². The third-order valence-electron chi connectivity index (χ3n) is 6.74. The molecule has 162 valence electrons. The molecule has 5 rings (SSSR count). The molecule has 0 bridgehead atoms. The van der Waals surface area contributed by atoms with Crippen molar-refractivity contribution in [1.29, 1.82) is 0 Å². The molecule has 0 unspecified atom stereocenters. The number of nitrogens with one attached hydrogen (secondary N) is 1. The Labute approximate surface area is 189 Å². The van der Waals surface area contributed by atoms with Crippen LogP contribution >= 0.6 is 0 Å². The molecular weight excluding hydrogens is 396 g/mol. The second kappa shape index (κ2) is 8.62. The fourth-order valence-corrected chi connectivity index (χ4v) is 4.73. The van der Waals surface area contributed by atoms with E-state index < -0.39 is 0 Å². The maximum Gasteiger partial charge on any atom is 0.255 e. The smallest absolute Gasteiger partial charge is 0.255 e. The van der Waals surface area contributed by atoms with Crippen LogP contribution in [0.4, 0.5) is 5.69 Å². The third-order valence-corrected chi connectivity index (χ3v) is 6.74. The predicted octanol–water partition coefficient (Wildman–Crippen LogP) is 5.80. The second-order valence-corrected chi connectivity index (χ2v) is 9.02. The van der Waals surface area contributed by atoms with Crippen LogP contribution in [0.3, 0.4) is 0 Å². The lowest BCUT2D eigenvalue weighted by Gasteiger charge is -2.44. The average Bonchev–Trinajstić information content (AvgIpc) is 3.62. The zero-order valence-electron chi connectivity index (χ0n) is 18.3. The zero-order valence-corrected chi connectivity index (χ0v) is 18.3. The van der Waals surface area contributed by atoms with E-state index in [1.165, 1.54) is 11.1 Å². The summed E-state index contributed by atoms with van der Waals surface area (Å²) in [7, 11) is 0. The summed E-state index contributed by atoms with van der Waals surface area (Å²) in [5.74, 6) is 0.508. The Kier molecular flexibility index (Phi) is 5.52. The van der Waals surface area contributed by atoms with E-state index in [2.05, 4.69) is 41.4 Å². The Balaban J connectivity index is 1.24. The van der Waals surface area contributed by atoms with E-state index in [0.29, 0.717) is 34.8 Å². The molecule has 0 aromatic heterocycles. The van der Waals surface area contributed by atoms with E-state index in [-0.39, 0.29) is 11.8 Å². The van der Waals surface area contributed by atoms with Crippen LogP contribution in [0, 0.1) is 6.92 Å². The summed E-state index contributed by atoms with van der Waals surface area (Å²) in [5.41, 5.74) is 4.75. The third kappa shape index (κ3) is 4.18. The van der Waals surface area contributed by atoms with Crippen molar-refractivity contribution in [3.05, 3.63) is 101 Å². The summed E-state index contributed by atoms with van der Waals surface area (Å²) in [5, 5.41) is 2.90. The highest BCUT2D eigenvalue weighted by molar-refractivity contribution is 6.04. The van der Waals surface area contributed by atoms with Crippen molar-refractivity contribution < 1.29 is 9.59 Å². The van der Waals surface area contributed by atoms with E-state index in [4.69, 9.17) is 0 Å². The first-order valence-electron chi connectivity index (χ1n) is 11.4. The molecule has 3 aromatic rings. The van der Waals surface area contributed by atoms with Gasteiger partial charge in [-0.05, 0) is 86.1 Å². The number of amides is 2. The number of hydrogen-bond donors (Lipinski definition) is 1. The van der Waals surface area contributed by atoms with Crippen molar-refractivity contribution in [2.24, 2.45) is 0 Å². The van der Waals surface area contributed by atoms with Crippen LogP contribution in [0.25, 0.3) is 0 Å². The maximum absolute atomic E-state index is 13.4.